The Balaban J connectivity index is 2.48. The molecule has 0 aliphatic heterocycles. The van der Waals surface area contributed by atoms with Crippen molar-refractivity contribution in [2.24, 2.45) is 11.2 Å². The molecule has 0 bridgehead atoms. The summed E-state index contributed by atoms with van der Waals surface area (Å²) in [5.74, 6) is -1.17. The summed E-state index contributed by atoms with van der Waals surface area (Å²) in [5.41, 5.74) is 0. The van der Waals surface area contributed by atoms with Crippen LogP contribution in [0.4, 0.5) is 4.79 Å². The van der Waals surface area contributed by atoms with Gasteiger partial charge in [-0.3, -0.25) is 4.79 Å². The summed E-state index contributed by atoms with van der Waals surface area (Å²) < 4.78 is 0. The van der Waals surface area contributed by atoms with E-state index >= 15 is 0 Å². The fraction of sp³-hybridized carbons (Fsp3) is 0.800. The number of nitrogens with one attached hydrogen (secondary N) is 1. The number of carbonyl (C=O) groups excluding carboxylic acids is 1. The Bertz CT molecular complexity index is 326. The molecule has 2 N–H and O–H groups in total. The van der Waals surface area contributed by atoms with Crippen molar-refractivity contribution >= 4 is 23.6 Å². The van der Waals surface area contributed by atoms with E-state index in [1.165, 1.54) is 0 Å². The first-order chi connectivity index (χ1) is 8.58. The number of carboxylic acid groups (broad SMARTS) is 1. The van der Waals surface area contributed by atoms with Crippen LogP contribution in [0.3, 0.4) is 0 Å². The second kappa shape index (κ2) is 7.15. The van der Waals surface area contributed by atoms with Crippen LogP contribution in [0.2, 0.25) is 0 Å². The van der Waals surface area contributed by atoms with Crippen LogP contribution in [0.15, 0.2) is 5.29 Å². The van der Waals surface area contributed by atoms with Crippen molar-refractivity contribution in [3.8, 4) is 0 Å². The van der Waals surface area contributed by atoms with Crippen molar-refractivity contribution in [3.63, 3.8) is 0 Å². The van der Waals surface area contributed by atoms with Crippen LogP contribution in [0.5, 0.6) is 0 Å². The fourth-order valence-electron chi connectivity index (χ4n) is 2.05. The lowest BCUT2D eigenvalue weighted by atomic mass is 9.86. The predicted octanol–water partition coefficient (Wildman–Crippen LogP) is 1.56. The predicted molar refractivity (Wildman–Crippen MR) is 65.1 cm³/mol. The number of aliphatic carboxylic acids is 1. The third-order valence-electron chi connectivity index (χ3n) is 2.98. The highest BCUT2D eigenvalue weighted by atomic mass is 35.5. The molecule has 1 aliphatic carbocycles. The van der Waals surface area contributed by atoms with E-state index in [2.05, 4.69) is 10.6 Å². The van der Waals surface area contributed by atoms with E-state index in [4.69, 9.17) is 16.7 Å². The molecule has 18 heavy (non-hydrogen) atoms. The minimum absolute atomic E-state index is 0.0337. The molecule has 102 valence electrons. The molecule has 0 heterocycles. The van der Waals surface area contributed by atoms with Gasteiger partial charge in [0.1, 0.15) is 0 Å². The van der Waals surface area contributed by atoms with Gasteiger partial charge in [0.05, 0.1) is 17.7 Å². The molecule has 0 aromatic carbocycles. The number of halogens is 1. The highest BCUT2D eigenvalue weighted by Gasteiger charge is 2.28. The van der Waals surface area contributed by atoms with Gasteiger partial charge in [-0.05, 0) is 19.3 Å². The Morgan fingerprint density at radius 3 is 2.72 bits per heavy atom. The van der Waals surface area contributed by atoms with Crippen molar-refractivity contribution in [2.45, 2.75) is 31.7 Å². The highest BCUT2D eigenvalue weighted by Crippen LogP contribution is 2.24. The molecule has 1 aliphatic rings. The molecular weight excluding hydrogens is 262 g/mol. The monoisotopic (exact) mass is 277 g/mol. The van der Waals surface area contributed by atoms with E-state index in [9.17, 15) is 14.5 Å². The molecule has 0 aromatic heterocycles. The average Bonchev–Trinajstić information content (AvgIpc) is 2.36. The van der Waals surface area contributed by atoms with Crippen molar-refractivity contribution in [2.75, 3.05) is 12.4 Å². The zero-order valence-corrected chi connectivity index (χ0v) is 10.6. The SMILES string of the molecule is O=NN(CCCl)C(=O)N[C@H]1CCC[C@H](C(=O)O)C1. The van der Waals surface area contributed by atoms with Crippen molar-refractivity contribution in [1.29, 1.82) is 0 Å². The Morgan fingerprint density at radius 1 is 1.44 bits per heavy atom. The zero-order valence-electron chi connectivity index (χ0n) is 9.84. The Kier molecular flexibility index (Phi) is 5.84. The zero-order chi connectivity index (χ0) is 13.5. The van der Waals surface area contributed by atoms with E-state index < -0.39 is 17.9 Å². The Hall–Kier alpha value is -1.37. The fourth-order valence-corrected chi connectivity index (χ4v) is 2.21. The number of nitrogens with zero attached hydrogens (tertiary/aromatic N) is 2. The number of alkyl halides is 1. The first kappa shape index (κ1) is 14.7. The molecule has 0 unspecified atom stereocenters. The molecule has 8 heteroatoms. The van der Waals surface area contributed by atoms with Crippen LogP contribution in [0.1, 0.15) is 25.7 Å². The van der Waals surface area contributed by atoms with Gasteiger partial charge in [0.25, 0.3) is 0 Å². The summed E-state index contributed by atoms with van der Waals surface area (Å²) in [5, 5.41) is 14.8. The molecule has 0 saturated heterocycles. The normalized spacial score (nSPS) is 23.2. The van der Waals surface area contributed by atoms with E-state index in [0.29, 0.717) is 24.3 Å². The van der Waals surface area contributed by atoms with Crippen molar-refractivity contribution < 1.29 is 14.7 Å². The number of amides is 2. The van der Waals surface area contributed by atoms with Crippen LogP contribution in [-0.4, -0.2) is 40.6 Å². The van der Waals surface area contributed by atoms with Gasteiger partial charge in [0.2, 0.25) is 0 Å². The Labute approximate surface area is 109 Å². The minimum atomic E-state index is -0.847. The molecule has 0 spiro atoms. The van der Waals surface area contributed by atoms with E-state index in [-0.39, 0.29) is 18.5 Å². The quantitative estimate of drug-likeness (QED) is 0.452. The number of rotatable bonds is 5. The van der Waals surface area contributed by atoms with Crippen LogP contribution >= 0.6 is 11.6 Å². The van der Waals surface area contributed by atoms with Gasteiger partial charge in [-0.15, -0.1) is 16.5 Å². The largest absolute Gasteiger partial charge is 0.481 e. The van der Waals surface area contributed by atoms with Gasteiger partial charge >= 0.3 is 12.0 Å². The maximum absolute atomic E-state index is 11.6. The van der Waals surface area contributed by atoms with Crippen molar-refractivity contribution in [3.05, 3.63) is 4.91 Å². The first-order valence-electron chi connectivity index (χ1n) is 5.78. The number of hydrogen-bond donors (Lipinski definition) is 2. The molecule has 7 nitrogen and oxygen atoms in total. The van der Waals surface area contributed by atoms with Gasteiger partial charge in [-0.2, -0.15) is 5.01 Å². The lowest BCUT2D eigenvalue weighted by molar-refractivity contribution is -0.143. The number of carboxylic acids is 1. The van der Waals surface area contributed by atoms with E-state index in [0.717, 1.165) is 6.42 Å². The van der Waals surface area contributed by atoms with Crippen LogP contribution in [0, 0.1) is 10.8 Å². The van der Waals surface area contributed by atoms with Gasteiger partial charge < -0.3 is 10.4 Å². The Morgan fingerprint density at radius 2 is 2.17 bits per heavy atom. The molecule has 1 fully saturated rings. The molecule has 0 radical (unpaired) electrons. The topological polar surface area (TPSA) is 99.1 Å². The first-order valence-corrected chi connectivity index (χ1v) is 6.32. The van der Waals surface area contributed by atoms with E-state index in [1.54, 1.807) is 0 Å². The van der Waals surface area contributed by atoms with Crippen LogP contribution in [0.25, 0.3) is 0 Å². The third kappa shape index (κ3) is 4.14. The molecular formula is C10H16ClN3O4. The van der Waals surface area contributed by atoms with Crippen molar-refractivity contribution in [1.82, 2.24) is 10.3 Å². The van der Waals surface area contributed by atoms with Crippen LogP contribution in [-0.2, 0) is 4.79 Å². The standard InChI is InChI=1S/C10H16ClN3O4/c11-4-5-14(13-18)10(17)12-8-3-1-2-7(6-8)9(15)16/h7-8H,1-6H2,(H,12,17)(H,15,16)/t7-,8-/m0/s1. The maximum Gasteiger partial charge on any atom is 0.340 e. The maximum atomic E-state index is 11.6. The summed E-state index contributed by atoms with van der Waals surface area (Å²) >= 11 is 5.43. The molecule has 2 amide bonds. The smallest absolute Gasteiger partial charge is 0.340 e. The number of carbonyl (C=O) groups is 2. The summed E-state index contributed by atoms with van der Waals surface area (Å²) in [7, 11) is 0. The average molecular weight is 278 g/mol. The van der Waals surface area contributed by atoms with Gasteiger partial charge in [0.15, 0.2) is 0 Å². The second-order valence-electron chi connectivity index (χ2n) is 4.24. The van der Waals surface area contributed by atoms with Gasteiger partial charge in [-0.1, -0.05) is 6.42 Å². The molecule has 2 atom stereocenters. The summed E-state index contributed by atoms with van der Waals surface area (Å²) in [6.07, 6.45) is 2.46. The summed E-state index contributed by atoms with van der Waals surface area (Å²) in [4.78, 5) is 32.9. The van der Waals surface area contributed by atoms with Gasteiger partial charge in [0, 0.05) is 11.9 Å². The molecule has 0 aromatic rings. The van der Waals surface area contributed by atoms with E-state index in [1.807, 2.05) is 0 Å². The second-order valence-corrected chi connectivity index (χ2v) is 4.62. The number of urea groups is 1. The number of hydrogen-bond acceptors (Lipinski definition) is 4. The summed E-state index contributed by atoms with van der Waals surface area (Å²) in [6.45, 7) is 0.0337. The van der Waals surface area contributed by atoms with Gasteiger partial charge in [-0.25, -0.2) is 4.79 Å². The number of nitroso groups, excluding NO2 is 1. The lowest BCUT2D eigenvalue weighted by Crippen LogP contribution is -2.45. The van der Waals surface area contributed by atoms with Crippen LogP contribution < -0.4 is 5.32 Å². The highest BCUT2D eigenvalue weighted by molar-refractivity contribution is 6.18. The minimum Gasteiger partial charge on any atom is -0.481 e. The lowest BCUT2D eigenvalue weighted by Gasteiger charge is -2.28. The molecule has 1 rings (SSSR count). The third-order valence-corrected chi connectivity index (χ3v) is 3.15. The summed E-state index contributed by atoms with van der Waals surface area (Å²) in [6, 6.07) is -0.853. The molecule has 1 saturated carbocycles.